The SMILES string of the molecule is COc1c([C@H]2C(c3nc4cc(-n5cc[nH]c5=O)ncc4[nH]3)O[C@@](C)(C(F)(F)F)[C@H]2C)ccc(F)c1F. The summed E-state index contributed by atoms with van der Waals surface area (Å²) in [4.78, 5) is 26.0. The standard InChI is InChI=1S/C23H20F5N5O3/c1-10-16(11-4-5-12(24)17(25)18(11)35-3)19(36-22(10,2)23(26,27)28)20-31-13-8-15(30-9-14(13)32-20)33-7-6-29-21(33)34/h4-10,16,19H,1-3H3,(H,29,34)(H,31,32)/t10-,16-,19?,22+/m0/s1. The van der Waals surface area contributed by atoms with Gasteiger partial charge in [-0.05, 0) is 13.0 Å². The van der Waals surface area contributed by atoms with E-state index in [-0.39, 0.29) is 17.2 Å². The first-order chi connectivity index (χ1) is 17.0. The summed E-state index contributed by atoms with van der Waals surface area (Å²) in [6, 6.07) is 3.51. The van der Waals surface area contributed by atoms with Gasteiger partial charge in [-0.15, -0.1) is 0 Å². The molecule has 36 heavy (non-hydrogen) atoms. The highest BCUT2D eigenvalue weighted by Crippen LogP contribution is 2.59. The Balaban J connectivity index is 1.66. The Morgan fingerprint density at radius 2 is 2.00 bits per heavy atom. The molecule has 1 aliphatic rings. The number of methoxy groups -OCH3 is 1. The van der Waals surface area contributed by atoms with Crippen LogP contribution in [0.3, 0.4) is 0 Å². The van der Waals surface area contributed by atoms with Gasteiger partial charge in [-0.2, -0.15) is 17.6 Å². The van der Waals surface area contributed by atoms with Crippen LogP contribution in [0.25, 0.3) is 16.9 Å². The fourth-order valence-corrected chi connectivity index (χ4v) is 4.74. The Morgan fingerprint density at radius 1 is 1.25 bits per heavy atom. The largest absolute Gasteiger partial charge is 0.493 e. The van der Waals surface area contributed by atoms with E-state index in [4.69, 9.17) is 9.47 Å². The number of alkyl halides is 3. The molecule has 0 radical (unpaired) electrons. The Bertz CT molecular complexity index is 1510. The maximum absolute atomic E-state index is 14.6. The second-order valence-electron chi connectivity index (χ2n) is 8.76. The van der Waals surface area contributed by atoms with Crippen molar-refractivity contribution in [1.82, 2.24) is 24.5 Å². The van der Waals surface area contributed by atoms with E-state index >= 15 is 0 Å². The summed E-state index contributed by atoms with van der Waals surface area (Å²) in [5, 5.41) is 0. The molecule has 1 aliphatic heterocycles. The molecule has 1 saturated heterocycles. The van der Waals surface area contributed by atoms with Crippen molar-refractivity contribution in [2.24, 2.45) is 5.92 Å². The predicted molar refractivity (Wildman–Crippen MR) is 117 cm³/mol. The summed E-state index contributed by atoms with van der Waals surface area (Å²) < 4.78 is 82.9. The van der Waals surface area contributed by atoms with E-state index in [1.165, 1.54) is 42.2 Å². The average Bonchev–Trinajstić information content (AvgIpc) is 3.51. The Morgan fingerprint density at radius 3 is 2.64 bits per heavy atom. The first kappa shape index (κ1) is 24.0. The number of imidazole rings is 2. The molecule has 4 aromatic rings. The highest BCUT2D eigenvalue weighted by atomic mass is 19.4. The zero-order chi connectivity index (χ0) is 26.0. The molecule has 1 fully saturated rings. The van der Waals surface area contributed by atoms with Crippen LogP contribution in [-0.4, -0.2) is 43.4 Å². The minimum absolute atomic E-state index is 0.0139. The van der Waals surface area contributed by atoms with E-state index in [0.29, 0.717) is 11.0 Å². The lowest BCUT2D eigenvalue weighted by Crippen LogP contribution is -2.46. The molecule has 1 unspecified atom stereocenters. The van der Waals surface area contributed by atoms with Gasteiger partial charge in [-0.3, -0.25) is 4.57 Å². The topological polar surface area (TPSA) is 97.8 Å². The first-order valence-corrected chi connectivity index (χ1v) is 10.8. The second-order valence-corrected chi connectivity index (χ2v) is 8.76. The molecule has 0 bridgehead atoms. The van der Waals surface area contributed by atoms with Crippen molar-refractivity contribution in [3.05, 3.63) is 70.3 Å². The summed E-state index contributed by atoms with van der Waals surface area (Å²) in [5.41, 5.74) is -2.35. The lowest BCUT2D eigenvalue weighted by atomic mass is 9.77. The van der Waals surface area contributed by atoms with Gasteiger partial charge in [0.1, 0.15) is 17.7 Å². The zero-order valence-electron chi connectivity index (χ0n) is 19.2. The molecule has 3 aromatic heterocycles. The highest BCUT2D eigenvalue weighted by molar-refractivity contribution is 5.75. The molecule has 0 aliphatic carbocycles. The number of hydrogen-bond acceptors (Lipinski definition) is 5. The number of pyridine rings is 1. The van der Waals surface area contributed by atoms with Crippen LogP contribution in [0.5, 0.6) is 5.75 Å². The van der Waals surface area contributed by atoms with Gasteiger partial charge in [0.15, 0.2) is 17.2 Å². The van der Waals surface area contributed by atoms with Crippen molar-refractivity contribution >= 4 is 11.0 Å². The number of rotatable bonds is 4. The maximum Gasteiger partial charge on any atom is 0.417 e. The molecule has 0 spiro atoms. The molecule has 1 aromatic carbocycles. The summed E-state index contributed by atoms with van der Waals surface area (Å²) in [6.07, 6.45) is -1.82. The Hall–Kier alpha value is -3.74. The van der Waals surface area contributed by atoms with Gasteiger partial charge in [0, 0.05) is 35.9 Å². The van der Waals surface area contributed by atoms with E-state index in [0.717, 1.165) is 20.1 Å². The third-order valence-electron chi connectivity index (χ3n) is 6.85. The molecule has 8 nitrogen and oxygen atoms in total. The number of hydrogen-bond donors (Lipinski definition) is 2. The molecule has 0 saturated carbocycles. The number of H-pyrrole nitrogens is 2. The third kappa shape index (κ3) is 3.48. The molecule has 190 valence electrons. The molecule has 4 atom stereocenters. The number of nitrogens with zero attached hydrogens (tertiary/aromatic N) is 3. The Kier molecular flexibility index (Phi) is 5.43. The van der Waals surface area contributed by atoms with Gasteiger partial charge < -0.3 is 19.4 Å². The average molecular weight is 509 g/mol. The maximum atomic E-state index is 14.6. The Labute approximate surface area is 200 Å². The summed E-state index contributed by atoms with van der Waals surface area (Å²) >= 11 is 0. The monoisotopic (exact) mass is 509 g/mol. The fraction of sp³-hybridized carbons (Fsp3) is 0.348. The normalized spacial score (nSPS) is 24.5. The molecule has 0 amide bonds. The molecule has 4 heterocycles. The van der Waals surface area contributed by atoms with Crippen molar-refractivity contribution in [3.8, 4) is 11.6 Å². The van der Waals surface area contributed by atoms with Gasteiger partial charge in [0.05, 0.1) is 24.3 Å². The summed E-state index contributed by atoms with van der Waals surface area (Å²) in [7, 11) is 1.11. The van der Waals surface area contributed by atoms with Crippen molar-refractivity contribution in [2.45, 2.75) is 37.6 Å². The van der Waals surface area contributed by atoms with Crippen LogP contribution in [0, 0.1) is 17.6 Å². The number of nitrogens with one attached hydrogen (secondary N) is 2. The number of benzene rings is 1. The fourth-order valence-electron chi connectivity index (χ4n) is 4.74. The van der Waals surface area contributed by atoms with E-state index in [1.54, 1.807) is 0 Å². The predicted octanol–water partition coefficient (Wildman–Crippen LogP) is 4.54. The lowest BCUT2D eigenvalue weighted by Gasteiger charge is -2.32. The lowest BCUT2D eigenvalue weighted by molar-refractivity contribution is -0.275. The van der Waals surface area contributed by atoms with Gasteiger partial charge in [-0.25, -0.2) is 19.2 Å². The molecular formula is C23H20F5N5O3. The first-order valence-electron chi connectivity index (χ1n) is 10.8. The van der Waals surface area contributed by atoms with E-state index in [1.807, 2.05) is 0 Å². The van der Waals surface area contributed by atoms with Crippen LogP contribution in [0.15, 0.2) is 41.6 Å². The van der Waals surface area contributed by atoms with Gasteiger partial charge in [0.25, 0.3) is 0 Å². The van der Waals surface area contributed by atoms with Crippen LogP contribution in [0.2, 0.25) is 0 Å². The number of aromatic nitrogens is 5. The van der Waals surface area contributed by atoms with E-state index in [9.17, 15) is 26.7 Å². The van der Waals surface area contributed by atoms with Crippen LogP contribution >= 0.6 is 0 Å². The van der Waals surface area contributed by atoms with Gasteiger partial charge >= 0.3 is 11.9 Å². The van der Waals surface area contributed by atoms with Gasteiger partial charge in [-0.1, -0.05) is 13.0 Å². The minimum atomic E-state index is -4.78. The van der Waals surface area contributed by atoms with E-state index < -0.39 is 52.8 Å². The van der Waals surface area contributed by atoms with Crippen molar-refractivity contribution in [1.29, 1.82) is 0 Å². The quantitative estimate of drug-likeness (QED) is 0.394. The van der Waals surface area contributed by atoms with Crippen LogP contribution in [-0.2, 0) is 4.74 Å². The van der Waals surface area contributed by atoms with E-state index in [2.05, 4.69) is 19.9 Å². The highest BCUT2D eigenvalue weighted by Gasteiger charge is 2.65. The van der Waals surface area contributed by atoms with Crippen LogP contribution in [0.1, 0.15) is 37.3 Å². The molecule has 2 N–H and O–H groups in total. The zero-order valence-corrected chi connectivity index (χ0v) is 19.2. The summed E-state index contributed by atoms with van der Waals surface area (Å²) in [5.74, 6) is -5.08. The van der Waals surface area contributed by atoms with Crippen LogP contribution in [0.4, 0.5) is 22.0 Å². The van der Waals surface area contributed by atoms with Crippen LogP contribution < -0.4 is 10.4 Å². The van der Waals surface area contributed by atoms with Crippen molar-refractivity contribution < 1.29 is 31.4 Å². The molecule has 13 heteroatoms. The smallest absolute Gasteiger partial charge is 0.417 e. The number of fused-ring (bicyclic) bond motifs is 1. The minimum Gasteiger partial charge on any atom is -0.493 e. The second kappa shape index (κ2) is 8.15. The molecule has 5 rings (SSSR count). The molecular weight excluding hydrogens is 489 g/mol. The van der Waals surface area contributed by atoms with Crippen molar-refractivity contribution in [2.75, 3.05) is 7.11 Å². The third-order valence-corrected chi connectivity index (χ3v) is 6.85. The van der Waals surface area contributed by atoms with Gasteiger partial charge in [0.2, 0.25) is 5.82 Å². The van der Waals surface area contributed by atoms with Crippen molar-refractivity contribution in [3.63, 3.8) is 0 Å². The number of aromatic amines is 2. The number of ether oxygens (including phenoxy) is 2. The number of halogens is 5. The summed E-state index contributed by atoms with van der Waals surface area (Å²) in [6.45, 7) is 2.25.